The number of hydrogen-bond donors (Lipinski definition) is 1. The van der Waals surface area contributed by atoms with E-state index >= 15 is 0 Å². The summed E-state index contributed by atoms with van der Waals surface area (Å²) in [5.41, 5.74) is -0.593. The van der Waals surface area contributed by atoms with Crippen molar-refractivity contribution >= 4 is 23.6 Å². The van der Waals surface area contributed by atoms with Gasteiger partial charge in [0.1, 0.15) is 0 Å². The molecule has 92 valence electrons. The maximum atomic E-state index is 12.0. The first-order valence-corrected chi connectivity index (χ1v) is 6.64. The first-order valence-electron chi connectivity index (χ1n) is 5.35. The zero-order chi connectivity index (χ0) is 12.5. The molecule has 5 heteroatoms. The average molecular weight is 245 g/mol. The predicted octanol–water partition coefficient (Wildman–Crippen LogP) is 0.884. The molecule has 0 aromatic rings. The number of nitrogens with zero attached hydrogens (tertiary/aromatic N) is 1. The Bertz CT molecular complexity index is 300. The topological polar surface area (TPSA) is 57.6 Å². The molecule has 4 nitrogen and oxygen atoms in total. The van der Waals surface area contributed by atoms with Crippen LogP contribution < -0.4 is 0 Å². The summed E-state index contributed by atoms with van der Waals surface area (Å²) in [5, 5.41) is 9.08. The molecular weight excluding hydrogens is 226 g/mol. The molecule has 0 radical (unpaired) electrons. The van der Waals surface area contributed by atoms with E-state index < -0.39 is 5.41 Å². The van der Waals surface area contributed by atoms with Gasteiger partial charge in [-0.2, -0.15) is 11.8 Å². The fourth-order valence-corrected chi connectivity index (χ4v) is 2.65. The van der Waals surface area contributed by atoms with E-state index in [-0.39, 0.29) is 36.1 Å². The third-order valence-electron chi connectivity index (χ3n) is 3.09. The smallest absolute Gasteiger partial charge is 0.235 e. The number of rotatable bonds is 4. The molecule has 16 heavy (non-hydrogen) atoms. The minimum absolute atomic E-state index is 0.0280. The highest BCUT2D eigenvalue weighted by atomic mass is 32.2. The maximum Gasteiger partial charge on any atom is 0.235 e. The average Bonchev–Trinajstić information content (AvgIpc) is 2.38. The molecule has 2 atom stereocenters. The van der Waals surface area contributed by atoms with Gasteiger partial charge >= 0.3 is 0 Å². The Hall–Kier alpha value is -0.550. The second-order valence-electron chi connectivity index (χ2n) is 4.83. The van der Waals surface area contributed by atoms with E-state index in [1.807, 2.05) is 13.2 Å². The number of amides is 2. The summed E-state index contributed by atoms with van der Waals surface area (Å²) in [6, 6.07) is -0.248. The molecule has 0 bridgehead atoms. The number of carbonyl (C=O) groups excluding carboxylic acids is 2. The van der Waals surface area contributed by atoms with Crippen LogP contribution in [0.4, 0.5) is 0 Å². The van der Waals surface area contributed by atoms with Crippen molar-refractivity contribution in [3.63, 3.8) is 0 Å². The molecule has 1 aliphatic rings. The standard InChI is InChI=1S/C11H19NO3S/c1-7(8(6-13)16-4)12-9(14)5-11(2,3)10(12)15/h7-8,13H,5-6H2,1-4H3. The second kappa shape index (κ2) is 4.75. The lowest BCUT2D eigenvalue weighted by atomic mass is 9.92. The van der Waals surface area contributed by atoms with Crippen molar-refractivity contribution in [2.45, 2.75) is 38.5 Å². The molecule has 1 rings (SSSR count). The van der Waals surface area contributed by atoms with Gasteiger partial charge in [0, 0.05) is 11.7 Å². The van der Waals surface area contributed by atoms with E-state index in [0.29, 0.717) is 0 Å². The third-order valence-corrected chi connectivity index (χ3v) is 4.24. The van der Waals surface area contributed by atoms with Crippen molar-refractivity contribution < 1.29 is 14.7 Å². The fourth-order valence-electron chi connectivity index (χ4n) is 1.98. The van der Waals surface area contributed by atoms with Crippen molar-refractivity contribution in [1.82, 2.24) is 4.90 Å². The zero-order valence-corrected chi connectivity index (χ0v) is 11.0. The molecule has 0 saturated carbocycles. The molecule has 0 aliphatic carbocycles. The molecular formula is C11H19NO3S. The second-order valence-corrected chi connectivity index (χ2v) is 5.90. The van der Waals surface area contributed by atoms with Crippen molar-refractivity contribution in [3.05, 3.63) is 0 Å². The SMILES string of the molecule is CSC(CO)C(C)N1C(=O)CC(C)(C)C1=O. The number of aliphatic hydroxyl groups is 1. The van der Waals surface area contributed by atoms with Gasteiger partial charge in [0.25, 0.3) is 0 Å². The van der Waals surface area contributed by atoms with Gasteiger partial charge in [-0.3, -0.25) is 14.5 Å². The molecule has 2 amide bonds. The van der Waals surface area contributed by atoms with Gasteiger partial charge in [-0.25, -0.2) is 0 Å². The summed E-state index contributed by atoms with van der Waals surface area (Å²) in [6.07, 6.45) is 2.14. The number of aliphatic hydroxyl groups excluding tert-OH is 1. The molecule has 1 saturated heterocycles. The first-order chi connectivity index (χ1) is 7.35. The lowest BCUT2D eigenvalue weighted by Gasteiger charge is -2.29. The van der Waals surface area contributed by atoms with Crippen molar-refractivity contribution in [2.24, 2.45) is 5.41 Å². The Morgan fingerprint density at radius 1 is 1.50 bits per heavy atom. The van der Waals surface area contributed by atoms with E-state index in [0.717, 1.165) is 0 Å². The Labute approximate surface area is 100 Å². The van der Waals surface area contributed by atoms with Crippen LogP contribution in [0.5, 0.6) is 0 Å². The Balaban J connectivity index is 2.88. The van der Waals surface area contributed by atoms with Gasteiger partial charge in [-0.1, -0.05) is 13.8 Å². The number of hydrogen-bond acceptors (Lipinski definition) is 4. The van der Waals surface area contributed by atoms with Crippen LogP contribution in [-0.4, -0.2) is 46.0 Å². The van der Waals surface area contributed by atoms with Crippen LogP contribution in [0.1, 0.15) is 27.2 Å². The summed E-state index contributed by atoms with van der Waals surface area (Å²) >= 11 is 1.47. The Morgan fingerprint density at radius 3 is 2.38 bits per heavy atom. The van der Waals surface area contributed by atoms with E-state index in [1.165, 1.54) is 16.7 Å². The highest BCUT2D eigenvalue weighted by Gasteiger charge is 2.47. The van der Waals surface area contributed by atoms with Crippen LogP contribution >= 0.6 is 11.8 Å². The molecule has 2 unspecified atom stereocenters. The van der Waals surface area contributed by atoms with Gasteiger partial charge in [0.05, 0.1) is 18.1 Å². The summed E-state index contributed by atoms with van der Waals surface area (Å²) < 4.78 is 0. The molecule has 0 aromatic heterocycles. The normalized spacial score (nSPS) is 23.7. The molecule has 1 N–H and O–H groups in total. The third kappa shape index (κ3) is 2.25. The molecule has 0 aromatic carbocycles. The van der Waals surface area contributed by atoms with Gasteiger partial charge < -0.3 is 5.11 Å². The molecule has 1 heterocycles. The minimum Gasteiger partial charge on any atom is -0.395 e. The zero-order valence-electron chi connectivity index (χ0n) is 10.2. The number of imide groups is 1. The lowest BCUT2D eigenvalue weighted by molar-refractivity contribution is -0.143. The lowest BCUT2D eigenvalue weighted by Crippen LogP contribution is -2.46. The predicted molar refractivity (Wildman–Crippen MR) is 64.1 cm³/mol. The van der Waals surface area contributed by atoms with Gasteiger partial charge in [-0.05, 0) is 13.2 Å². The highest BCUT2D eigenvalue weighted by molar-refractivity contribution is 7.99. The fraction of sp³-hybridized carbons (Fsp3) is 0.818. The number of thioether (sulfide) groups is 1. The maximum absolute atomic E-state index is 12.0. The summed E-state index contributed by atoms with van der Waals surface area (Å²) in [6.45, 7) is 5.36. The quantitative estimate of drug-likeness (QED) is 0.747. The van der Waals surface area contributed by atoms with E-state index in [9.17, 15) is 14.7 Å². The Morgan fingerprint density at radius 2 is 2.06 bits per heavy atom. The van der Waals surface area contributed by atoms with Crippen LogP contribution in [0.15, 0.2) is 0 Å². The van der Waals surface area contributed by atoms with Gasteiger partial charge in [0.15, 0.2) is 0 Å². The summed E-state index contributed by atoms with van der Waals surface area (Å²) in [4.78, 5) is 25.1. The van der Waals surface area contributed by atoms with Crippen molar-refractivity contribution in [1.29, 1.82) is 0 Å². The van der Waals surface area contributed by atoms with Crippen LogP contribution in [0.2, 0.25) is 0 Å². The molecule has 1 aliphatic heterocycles. The molecule has 1 fully saturated rings. The van der Waals surface area contributed by atoms with Crippen LogP contribution in [0, 0.1) is 5.41 Å². The number of carbonyl (C=O) groups is 2. The highest BCUT2D eigenvalue weighted by Crippen LogP contribution is 2.34. The largest absolute Gasteiger partial charge is 0.395 e. The van der Waals surface area contributed by atoms with E-state index in [4.69, 9.17) is 0 Å². The molecule has 0 spiro atoms. The Kier molecular flexibility index (Phi) is 4.02. The summed E-state index contributed by atoms with van der Waals surface area (Å²) in [7, 11) is 0. The van der Waals surface area contributed by atoms with Crippen LogP contribution in [0.3, 0.4) is 0 Å². The van der Waals surface area contributed by atoms with Gasteiger partial charge in [0.2, 0.25) is 11.8 Å². The monoisotopic (exact) mass is 245 g/mol. The minimum atomic E-state index is -0.593. The van der Waals surface area contributed by atoms with E-state index in [2.05, 4.69) is 0 Å². The van der Waals surface area contributed by atoms with Gasteiger partial charge in [-0.15, -0.1) is 0 Å². The summed E-state index contributed by atoms with van der Waals surface area (Å²) in [5.74, 6) is -0.257. The van der Waals surface area contributed by atoms with Crippen LogP contribution in [-0.2, 0) is 9.59 Å². The first kappa shape index (κ1) is 13.5. The van der Waals surface area contributed by atoms with Crippen molar-refractivity contribution in [3.8, 4) is 0 Å². The van der Waals surface area contributed by atoms with Crippen molar-refractivity contribution in [2.75, 3.05) is 12.9 Å². The van der Waals surface area contributed by atoms with E-state index in [1.54, 1.807) is 13.8 Å². The van der Waals surface area contributed by atoms with Crippen LogP contribution in [0.25, 0.3) is 0 Å². The number of likely N-dealkylation sites (tertiary alicyclic amines) is 1.